The molecule has 23 heavy (non-hydrogen) atoms. The Labute approximate surface area is 140 Å². The van der Waals surface area contributed by atoms with Crippen LogP contribution in [0.4, 0.5) is 4.39 Å². The second-order valence-electron chi connectivity index (χ2n) is 5.30. The maximum absolute atomic E-state index is 13.4. The van der Waals surface area contributed by atoms with Crippen molar-refractivity contribution in [1.29, 1.82) is 0 Å². The summed E-state index contributed by atoms with van der Waals surface area (Å²) in [5.74, 6) is -0.455. The molecule has 2 N–H and O–H groups in total. The van der Waals surface area contributed by atoms with E-state index in [4.69, 9.17) is 11.6 Å². The second kappa shape index (κ2) is 8.65. The van der Waals surface area contributed by atoms with Gasteiger partial charge >= 0.3 is 0 Å². The van der Waals surface area contributed by atoms with Crippen LogP contribution in [0.2, 0.25) is 5.02 Å². The summed E-state index contributed by atoms with van der Waals surface area (Å²) in [6.07, 6.45) is 0.288. The minimum absolute atomic E-state index is 0.161. The molecule has 0 radical (unpaired) electrons. The van der Waals surface area contributed by atoms with Gasteiger partial charge in [0.2, 0.25) is 5.91 Å². The summed E-state index contributed by atoms with van der Waals surface area (Å²) < 4.78 is 13.4. The van der Waals surface area contributed by atoms with Crippen molar-refractivity contribution >= 4 is 17.5 Å². The second-order valence-corrected chi connectivity index (χ2v) is 5.74. The van der Waals surface area contributed by atoms with Crippen molar-refractivity contribution in [2.75, 3.05) is 6.54 Å². The number of hydrogen-bond acceptors (Lipinski definition) is 2. The van der Waals surface area contributed by atoms with Crippen LogP contribution in [0.15, 0.2) is 48.5 Å². The molecule has 0 heterocycles. The SMILES string of the molecule is O=C(CCc1ccccc1F)NCC[C@H](O)c1cccc(Cl)c1. The van der Waals surface area contributed by atoms with Crippen molar-refractivity contribution in [3.8, 4) is 0 Å². The molecule has 0 aliphatic heterocycles. The molecule has 1 amide bonds. The van der Waals surface area contributed by atoms with Crippen molar-refractivity contribution in [2.24, 2.45) is 0 Å². The Morgan fingerprint density at radius 1 is 1.22 bits per heavy atom. The normalized spacial score (nSPS) is 12.0. The molecule has 2 rings (SSSR count). The van der Waals surface area contributed by atoms with Crippen LogP contribution >= 0.6 is 11.6 Å². The largest absolute Gasteiger partial charge is 0.388 e. The lowest BCUT2D eigenvalue weighted by Gasteiger charge is -2.12. The molecule has 0 bridgehead atoms. The molecule has 0 aromatic heterocycles. The number of benzene rings is 2. The monoisotopic (exact) mass is 335 g/mol. The predicted molar refractivity (Wildman–Crippen MR) is 88.8 cm³/mol. The molecular formula is C18H19ClFNO2. The van der Waals surface area contributed by atoms with Gasteiger partial charge in [0.1, 0.15) is 5.82 Å². The quantitative estimate of drug-likeness (QED) is 0.811. The highest BCUT2D eigenvalue weighted by Crippen LogP contribution is 2.19. The van der Waals surface area contributed by atoms with Crippen molar-refractivity contribution in [2.45, 2.75) is 25.4 Å². The number of aliphatic hydroxyl groups is 1. The Bertz CT molecular complexity index is 663. The van der Waals surface area contributed by atoms with Gasteiger partial charge in [-0.15, -0.1) is 0 Å². The molecule has 0 unspecified atom stereocenters. The van der Waals surface area contributed by atoms with Crippen LogP contribution < -0.4 is 5.32 Å². The third-order valence-electron chi connectivity index (χ3n) is 3.55. The van der Waals surface area contributed by atoms with Gasteiger partial charge in [0.05, 0.1) is 6.10 Å². The third-order valence-corrected chi connectivity index (χ3v) is 3.79. The number of aliphatic hydroxyl groups excluding tert-OH is 1. The summed E-state index contributed by atoms with van der Waals surface area (Å²) in [4.78, 5) is 11.8. The van der Waals surface area contributed by atoms with Crippen LogP contribution in [0, 0.1) is 5.82 Å². The smallest absolute Gasteiger partial charge is 0.220 e. The molecular weight excluding hydrogens is 317 g/mol. The zero-order chi connectivity index (χ0) is 16.7. The zero-order valence-corrected chi connectivity index (χ0v) is 13.4. The fraction of sp³-hybridized carbons (Fsp3) is 0.278. The summed E-state index contributed by atoms with van der Waals surface area (Å²) in [5.41, 5.74) is 1.25. The number of halogens is 2. The lowest BCUT2D eigenvalue weighted by Crippen LogP contribution is -2.25. The first-order chi connectivity index (χ1) is 11.1. The average molecular weight is 336 g/mol. The van der Waals surface area contributed by atoms with Gasteiger partial charge in [-0.1, -0.05) is 41.9 Å². The third kappa shape index (κ3) is 5.66. The van der Waals surface area contributed by atoms with Gasteiger partial charge in [-0.25, -0.2) is 4.39 Å². The molecule has 0 aliphatic rings. The standard InChI is InChI=1S/C18H19ClFNO2/c19-15-6-3-5-14(12-15)17(22)10-11-21-18(23)9-8-13-4-1-2-7-16(13)20/h1-7,12,17,22H,8-11H2,(H,21,23)/t17-/m0/s1. The number of nitrogens with one attached hydrogen (secondary N) is 1. The summed E-state index contributed by atoms with van der Waals surface area (Å²) in [5, 5.41) is 13.3. The van der Waals surface area contributed by atoms with E-state index < -0.39 is 6.10 Å². The number of hydrogen-bond donors (Lipinski definition) is 2. The van der Waals surface area contributed by atoms with Gasteiger partial charge in [0.25, 0.3) is 0 Å². The van der Waals surface area contributed by atoms with Crippen LogP contribution in [0.25, 0.3) is 0 Å². The van der Waals surface area contributed by atoms with E-state index in [0.29, 0.717) is 30.0 Å². The van der Waals surface area contributed by atoms with Crippen molar-refractivity contribution in [3.05, 3.63) is 70.5 Å². The zero-order valence-electron chi connectivity index (χ0n) is 12.6. The number of carbonyl (C=O) groups is 1. The summed E-state index contributed by atoms with van der Waals surface area (Å²) in [6, 6.07) is 13.4. The first kappa shape index (κ1) is 17.4. The number of aryl methyl sites for hydroxylation is 1. The van der Waals surface area contributed by atoms with E-state index in [2.05, 4.69) is 5.32 Å². The molecule has 0 saturated heterocycles. The first-order valence-electron chi connectivity index (χ1n) is 7.50. The van der Waals surface area contributed by atoms with E-state index in [-0.39, 0.29) is 18.1 Å². The van der Waals surface area contributed by atoms with Gasteiger partial charge in [0.15, 0.2) is 0 Å². The summed E-state index contributed by atoms with van der Waals surface area (Å²) >= 11 is 5.87. The van der Waals surface area contributed by atoms with Gasteiger partial charge in [-0.05, 0) is 42.2 Å². The Hall–Kier alpha value is -1.91. The molecule has 2 aromatic rings. The van der Waals surface area contributed by atoms with E-state index in [0.717, 1.165) is 5.56 Å². The van der Waals surface area contributed by atoms with Crippen molar-refractivity contribution < 1.29 is 14.3 Å². The molecule has 1 atom stereocenters. The molecule has 0 aliphatic carbocycles. The highest BCUT2D eigenvalue weighted by molar-refractivity contribution is 6.30. The maximum Gasteiger partial charge on any atom is 0.220 e. The van der Waals surface area contributed by atoms with Crippen LogP contribution in [0.1, 0.15) is 30.1 Å². The van der Waals surface area contributed by atoms with Gasteiger partial charge in [-0.3, -0.25) is 4.79 Å². The average Bonchev–Trinajstić information content (AvgIpc) is 2.54. The number of rotatable bonds is 7. The molecule has 0 fully saturated rings. The van der Waals surface area contributed by atoms with Crippen molar-refractivity contribution in [3.63, 3.8) is 0 Å². The molecule has 0 saturated carbocycles. The molecule has 2 aromatic carbocycles. The fourth-order valence-corrected chi connectivity index (χ4v) is 2.47. The van der Waals surface area contributed by atoms with Crippen LogP contribution in [0.3, 0.4) is 0 Å². The van der Waals surface area contributed by atoms with Gasteiger partial charge in [-0.2, -0.15) is 0 Å². The first-order valence-corrected chi connectivity index (χ1v) is 7.87. The topological polar surface area (TPSA) is 49.3 Å². The maximum atomic E-state index is 13.4. The Balaban J connectivity index is 1.71. The van der Waals surface area contributed by atoms with Gasteiger partial charge in [0, 0.05) is 18.0 Å². The van der Waals surface area contributed by atoms with Gasteiger partial charge < -0.3 is 10.4 Å². The Morgan fingerprint density at radius 3 is 2.74 bits per heavy atom. The molecule has 0 spiro atoms. The predicted octanol–water partition coefficient (Wildman–Crippen LogP) is 3.65. The minimum atomic E-state index is -0.680. The Morgan fingerprint density at radius 2 is 2.00 bits per heavy atom. The highest BCUT2D eigenvalue weighted by atomic mass is 35.5. The van der Waals surface area contributed by atoms with Crippen LogP contribution in [0.5, 0.6) is 0 Å². The lowest BCUT2D eigenvalue weighted by molar-refractivity contribution is -0.121. The number of amides is 1. The Kier molecular flexibility index (Phi) is 6.56. The fourth-order valence-electron chi connectivity index (χ4n) is 2.27. The van der Waals surface area contributed by atoms with E-state index in [1.165, 1.54) is 6.07 Å². The molecule has 5 heteroatoms. The van der Waals surface area contributed by atoms with E-state index in [1.54, 1.807) is 42.5 Å². The van der Waals surface area contributed by atoms with E-state index >= 15 is 0 Å². The summed E-state index contributed by atoms with van der Waals surface area (Å²) in [7, 11) is 0. The molecule has 122 valence electrons. The molecule has 3 nitrogen and oxygen atoms in total. The highest BCUT2D eigenvalue weighted by Gasteiger charge is 2.09. The van der Waals surface area contributed by atoms with E-state index in [1.807, 2.05) is 0 Å². The summed E-state index contributed by atoms with van der Waals surface area (Å²) in [6.45, 7) is 0.351. The number of carbonyl (C=O) groups excluding carboxylic acids is 1. The van der Waals surface area contributed by atoms with Crippen LogP contribution in [-0.2, 0) is 11.2 Å². The van der Waals surface area contributed by atoms with Crippen LogP contribution in [-0.4, -0.2) is 17.6 Å². The minimum Gasteiger partial charge on any atom is -0.388 e. The lowest BCUT2D eigenvalue weighted by atomic mass is 10.1. The van der Waals surface area contributed by atoms with Crippen molar-refractivity contribution in [1.82, 2.24) is 5.32 Å². The van der Waals surface area contributed by atoms with E-state index in [9.17, 15) is 14.3 Å².